The highest BCUT2D eigenvalue weighted by Gasteiger charge is 2.16. The van der Waals surface area contributed by atoms with Crippen molar-refractivity contribution < 1.29 is 65.6 Å². The minimum absolute atomic E-state index is 0.0474. The van der Waals surface area contributed by atoms with Crippen LogP contribution in [-0.2, 0) is 57.5 Å². The fraction of sp³-hybridized carbons (Fsp3) is 0.220. The fourth-order valence-corrected chi connectivity index (χ4v) is 6.98. The van der Waals surface area contributed by atoms with Crippen LogP contribution in [0.1, 0.15) is 106 Å². The number of esters is 3. The lowest BCUT2D eigenvalue weighted by atomic mass is 10.0. The van der Waals surface area contributed by atoms with Crippen molar-refractivity contribution in [1.82, 2.24) is 19.9 Å². The standard InChI is InChI=1S/C15H14FNO3.C15H16FNO2.C13H12FNO2.C8H6ClFO.C7H9NO2.CH2Cl2.Al.3ClH/c1-2-20-15(19)13-7-11(9-17-13)14(18)8-10-5-3-4-6-12(10)16;1-2-19-15(18)14-9-11(10-17-14)7-8-12-5-3-4-6-13(12)16;14-11-4-2-1-3-10(11)6-5-9-7-12(13(16)17)15-8-9;9-8(11)5-6-3-1-2-4-7(6)10;1-2-10-7(9)6-4-3-5-8-6;2-1-3;;;;/h3-7,9,17H,2,8H2,1H3;3-6,9-10,17H,2,7-8H2,1H3;1-4,7-8,15H,5-6H2,(H,16,17);1-4H,5H2;3-5,8H,2H2,1H3;1H2;;3*1H/q;;;;;;+3;;;/p-3. The minimum Gasteiger partial charge on any atom is -0.477 e. The Kier molecular flexibility index (Phi) is 36.7. The number of rotatable bonds is 18. The van der Waals surface area contributed by atoms with Crippen molar-refractivity contribution in [3.63, 3.8) is 0 Å². The van der Waals surface area contributed by atoms with Crippen molar-refractivity contribution in [3.8, 4) is 0 Å². The summed E-state index contributed by atoms with van der Waals surface area (Å²) in [4.78, 5) is 77.8. The SMILES string of the molecule is CCOC(=O)c1cc(C(=O)Cc2ccccc2F)c[nH]1.CCOC(=O)c1cc(CCc2ccccc2F)c[nH]1.CCOC(=O)c1ccc[nH]1.ClCCl.O=C(Cl)Cc1ccccc1F.O=C(O)c1cc(CCc2ccccc2F)c[nH]1.[Cl][Al]([Cl])[Cl]. The van der Waals surface area contributed by atoms with Gasteiger partial charge in [-0.1, -0.05) is 72.8 Å². The average Bonchev–Trinajstić information content (AvgIpc) is 4.36. The van der Waals surface area contributed by atoms with Crippen LogP contribution in [0, 0.1) is 23.3 Å². The molecule has 8 aromatic rings. The van der Waals surface area contributed by atoms with Gasteiger partial charge < -0.3 is 39.3 Å². The number of ether oxygens (including phenoxy) is 3. The summed E-state index contributed by atoms with van der Waals surface area (Å²) in [6, 6.07) is 33.7. The van der Waals surface area contributed by atoms with Crippen LogP contribution in [0.4, 0.5) is 17.6 Å². The van der Waals surface area contributed by atoms with Crippen LogP contribution in [0.3, 0.4) is 0 Å². The molecule has 0 spiro atoms. The Morgan fingerprint density at radius 3 is 1.20 bits per heavy atom. The number of H-pyrrole nitrogens is 4. The van der Waals surface area contributed by atoms with Crippen LogP contribution in [-0.4, -0.2) is 96.5 Å². The van der Waals surface area contributed by atoms with Gasteiger partial charge in [-0.2, -0.15) is 0 Å². The first kappa shape index (κ1) is 73.3. The number of hydrogen-bond acceptors (Lipinski definition) is 9. The van der Waals surface area contributed by atoms with E-state index < -0.39 is 34.4 Å². The van der Waals surface area contributed by atoms with Gasteiger partial charge in [-0.05, 0) is 146 Å². The number of Topliss-reactive ketones (excluding diaryl/α,β-unsaturated/α-hetero) is 1. The van der Waals surface area contributed by atoms with Gasteiger partial charge in [0.2, 0.25) is 5.24 Å². The monoisotopic (exact) mass is 1300 g/mol. The quantitative estimate of drug-likeness (QED) is 0.0104. The van der Waals surface area contributed by atoms with Crippen molar-refractivity contribution in [2.24, 2.45) is 0 Å². The molecular formula is C59H59AlCl6F4N4O10. The van der Waals surface area contributed by atoms with Gasteiger partial charge in [-0.25, -0.2) is 66.9 Å². The molecule has 0 aliphatic rings. The van der Waals surface area contributed by atoms with Crippen molar-refractivity contribution in [2.45, 2.75) is 59.3 Å². The summed E-state index contributed by atoms with van der Waals surface area (Å²) in [5.41, 5.74) is 5.47. The molecule has 0 radical (unpaired) electrons. The molecule has 0 unspecified atom stereocenters. The summed E-state index contributed by atoms with van der Waals surface area (Å²) in [7, 11) is 14.8. The van der Waals surface area contributed by atoms with Gasteiger partial charge in [0.15, 0.2) is 5.78 Å². The Balaban J connectivity index is 0.000000355. The molecule has 4 aromatic heterocycles. The van der Waals surface area contributed by atoms with Gasteiger partial charge in [0, 0.05) is 43.2 Å². The number of aromatic carboxylic acids is 1. The number of carbonyl (C=O) groups is 6. The Bertz CT molecular complexity index is 3250. The van der Waals surface area contributed by atoms with Crippen LogP contribution in [0.2, 0.25) is 0 Å². The largest absolute Gasteiger partial charge is 0.643 e. The number of benzene rings is 4. The third-order valence-corrected chi connectivity index (χ3v) is 10.8. The number of nitrogens with one attached hydrogen (secondary N) is 4. The normalized spacial score (nSPS) is 9.82. The highest BCUT2D eigenvalue weighted by Crippen LogP contribution is 2.16. The molecule has 0 atom stereocenters. The van der Waals surface area contributed by atoms with E-state index in [1.165, 1.54) is 42.6 Å². The van der Waals surface area contributed by atoms with Crippen molar-refractivity contribution >= 4 is 111 Å². The first-order chi connectivity index (χ1) is 40.2. The van der Waals surface area contributed by atoms with Gasteiger partial charge in [-0.15, -0.1) is 23.2 Å². The summed E-state index contributed by atoms with van der Waals surface area (Å²) in [6.45, 7) is 6.27. The second kappa shape index (κ2) is 42.1. The number of carboxylic acids is 1. The molecule has 0 amide bonds. The molecule has 84 heavy (non-hydrogen) atoms. The maximum absolute atomic E-state index is 13.5. The van der Waals surface area contributed by atoms with E-state index in [9.17, 15) is 46.3 Å². The van der Waals surface area contributed by atoms with Gasteiger partial charge >= 0.3 is 35.3 Å². The smallest absolute Gasteiger partial charge is 0.477 e. The number of carbonyl (C=O) groups excluding carboxylic acids is 5. The van der Waals surface area contributed by atoms with Crippen molar-refractivity contribution in [3.05, 3.63) is 237 Å². The Hall–Kier alpha value is -6.79. The van der Waals surface area contributed by atoms with E-state index in [0.717, 1.165) is 11.1 Å². The van der Waals surface area contributed by atoms with E-state index >= 15 is 0 Å². The predicted octanol–water partition coefficient (Wildman–Crippen LogP) is 14.9. The molecule has 0 aliphatic heterocycles. The fourth-order valence-electron chi connectivity index (χ4n) is 6.83. The van der Waals surface area contributed by atoms with Crippen molar-refractivity contribution in [1.29, 1.82) is 0 Å². The number of aromatic amines is 4. The molecule has 0 aliphatic carbocycles. The molecule has 25 heteroatoms. The summed E-state index contributed by atoms with van der Waals surface area (Å²) >= 11 is 12.9. The Morgan fingerprint density at radius 2 is 0.833 bits per heavy atom. The van der Waals surface area contributed by atoms with Crippen LogP contribution in [0.15, 0.2) is 152 Å². The Labute approximate surface area is 515 Å². The van der Waals surface area contributed by atoms with Gasteiger partial charge in [-0.3, -0.25) is 9.59 Å². The predicted molar refractivity (Wildman–Crippen MR) is 321 cm³/mol. The topological polar surface area (TPSA) is 213 Å². The maximum Gasteiger partial charge on any atom is 0.643 e. The number of carboxylic acid groups (broad SMARTS) is 1. The molecule has 14 nitrogen and oxygen atoms in total. The zero-order chi connectivity index (χ0) is 62.4. The zero-order valence-corrected chi connectivity index (χ0v) is 51.2. The van der Waals surface area contributed by atoms with Crippen LogP contribution in [0.5, 0.6) is 0 Å². The third kappa shape index (κ3) is 29.6. The first-order valence-corrected chi connectivity index (χ1v) is 32.0. The molecule has 0 bridgehead atoms. The van der Waals surface area contributed by atoms with E-state index in [2.05, 4.69) is 19.9 Å². The third-order valence-electron chi connectivity index (χ3n) is 10.7. The van der Waals surface area contributed by atoms with E-state index in [4.69, 9.17) is 84.3 Å². The van der Waals surface area contributed by atoms with E-state index in [0.29, 0.717) is 78.1 Å². The average molecular weight is 1300 g/mol. The molecule has 0 fully saturated rings. The van der Waals surface area contributed by atoms with Crippen LogP contribution < -0.4 is 0 Å². The number of halogens is 10. The number of aryl methyl sites for hydroxylation is 4. The van der Waals surface area contributed by atoms with E-state index in [1.54, 1.807) is 124 Å². The summed E-state index contributed by atoms with van der Waals surface area (Å²) < 4.78 is 67.4. The van der Waals surface area contributed by atoms with Gasteiger partial charge in [0.05, 0.1) is 25.2 Å². The molecule has 448 valence electrons. The number of aromatic nitrogens is 4. The van der Waals surface area contributed by atoms with Crippen LogP contribution >= 0.6 is 65.0 Å². The number of ketones is 1. The lowest BCUT2D eigenvalue weighted by Crippen LogP contribution is -2.05. The molecule has 8 rings (SSSR count). The molecule has 4 heterocycles. The highest BCUT2D eigenvalue weighted by atomic mass is 35.8. The van der Waals surface area contributed by atoms with E-state index in [-0.39, 0.29) is 71.3 Å². The van der Waals surface area contributed by atoms with Gasteiger partial charge in [0.25, 0.3) is 0 Å². The zero-order valence-electron chi connectivity index (χ0n) is 45.5. The highest BCUT2D eigenvalue weighted by molar-refractivity contribution is 7.54. The molecule has 0 saturated carbocycles. The summed E-state index contributed by atoms with van der Waals surface area (Å²) in [5.74, 6) is -3.64. The Morgan fingerprint density at radius 1 is 0.476 bits per heavy atom. The van der Waals surface area contributed by atoms with Crippen LogP contribution in [0.25, 0.3) is 0 Å². The minimum atomic E-state index is -1.72. The molecule has 4 aromatic carbocycles. The molecule has 0 saturated heterocycles. The van der Waals surface area contributed by atoms with Crippen molar-refractivity contribution in [2.75, 3.05) is 25.2 Å². The number of hydrogen-bond donors (Lipinski definition) is 5. The molecular weight excluding hydrogens is 1240 g/mol. The second-order valence-electron chi connectivity index (χ2n) is 16.5. The summed E-state index contributed by atoms with van der Waals surface area (Å²) in [5, 5.41) is 8.38. The lowest BCUT2D eigenvalue weighted by molar-refractivity contribution is -0.111. The lowest BCUT2D eigenvalue weighted by Gasteiger charge is -2.01. The van der Waals surface area contributed by atoms with E-state index in [1.807, 2.05) is 6.07 Å². The summed E-state index contributed by atoms with van der Waals surface area (Å²) in [6.07, 6.45) is 8.87. The second-order valence-corrected chi connectivity index (χ2v) is 24.2. The first-order valence-electron chi connectivity index (χ1n) is 25.3. The molecule has 5 N–H and O–H groups in total. The van der Waals surface area contributed by atoms with Gasteiger partial charge in [0.1, 0.15) is 46.0 Å². The maximum atomic E-state index is 13.5. The number of alkyl halides is 2.